The fourth-order valence-electron chi connectivity index (χ4n) is 0.173. The van der Waals surface area contributed by atoms with Crippen molar-refractivity contribution in [2.45, 2.75) is 6.10 Å². The zero-order valence-corrected chi connectivity index (χ0v) is 4.13. The molecule has 1 atom stereocenters. The van der Waals surface area contributed by atoms with E-state index in [2.05, 4.69) is 4.74 Å². The van der Waals surface area contributed by atoms with Gasteiger partial charge in [-0.3, -0.25) is 0 Å². The molecule has 0 heterocycles. The smallest absolute Gasteiger partial charge is 0.316 e. The highest BCUT2D eigenvalue weighted by atomic mass is 24.3. The lowest BCUT2D eigenvalue weighted by Gasteiger charge is -1.99. The summed E-state index contributed by atoms with van der Waals surface area (Å²) in [7, 11) is 1.37. The van der Waals surface area contributed by atoms with Crippen molar-refractivity contribution >= 4 is 29.3 Å². The zero-order valence-electron chi connectivity index (χ0n) is 4.13. The molecule has 0 radical (unpaired) electrons. The fourth-order valence-corrected chi connectivity index (χ4v) is 0.173. The highest BCUT2D eigenvalue weighted by Crippen LogP contribution is 1.78. The minimum atomic E-state index is -0.639. The van der Waals surface area contributed by atoms with Crippen LogP contribution in [-0.4, -0.2) is 54.3 Å². The van der Waals surface area contributed by atoms with Gasteiger partial charge in [0.1, 0.15) is 6.10 Å². The van der Waals surface area contributed by atoms with Crippen LogP contribution in [0.3, 0.4) is 0 Å². The standard InChI is InChI=1S/C4H8O3.Mg.2H/c1-7-4(2-5)3-6;;;/h2,4,6H,3H2,1H3;;;. The van der Waals surface area contributed by atoms with Gasteiger partial charge in [0, 0.05) is 7.11 Å². The van der Waals surface area contributed by atoms with Crippen molar-refractivity contribution in [2.75, 3.05) is 13.7 Å². The van der Waals surface area contributed by atoms with Crippen molar-refractivity contribution in [1.82, 2.24) is 0 Å². The summed E-state index contributed by atoms with van der Waals surface area (Å²) >= 11 is 0. The second-order valence-electron chi connectivity index (χ2n) is 1.09. The summed E-state index contributed by atoms with van der Waals surface area (Å²) in [5, 5.41) is 8.17. The fraction of sp³-hybridized carbons (Fsp3) is 0.750. The molecule has 0 amide bonds. The van der Waals surface area contributed by atoms with Crippen LogP contribution >= 0.6 is 0 Å². The van der Waals surface area contributed by atoms with Gasteiger partial charge in [0.15, 0.2) is 6.29 Å². The number of methoxy groups -OCH3 is 1. The largest absolute Gasteiger partial charge is 0.393 e. The van der Waals surface area contributed by atoms with Gasteiger partial charge < -0.3 is 14.6 Å². The molecule has 4 heteroatoms. The Morgan fingerprint density at radius 1 is 1.88 bits per heavy atom. The third-order valence-corrected chi connectivity index (χ3v) is 0.634. The summed E-state index contributed by atoms with van der Waals surface area (Å²) < 4.78 is 4.43. The predicted octanol–water partition coefficient (Wildman–Crippen LogP) is -1.72. The number of rotatable bonds is 3. The first-order valence-electron chi connectivity index (χ1n) is 1.94. The Hall–Kier alpha value is 0.356. The van der Waals surface area contributed by atoms with Crippen LogP contribution < -0.4 is 0 Å². The van der Waals surface area contributed by atoms with Gasteiger partial charge in [-0.1, -0.05) is 0 Å². The molecule has 0 saturated carbocycles. The molecule has 1 unspecified atom stereocenters. The van der Waals surface area contributed by atoms with E-state index < -0.39 is 6.10 Å². The number of aliphatic hydroxyl groups is 1. The third-order valence-electron chi connectivity index (χ3n) is 0.634. The molecular formula is C4H10MgO3. The first-order valence-corrected chi connectivity index (χ1v) is 1.94. The summed E-state index contributed by atoms with van der Waals surface area (Å²) in [5.74, 6) is 0. The van der Waals surface area contributed by atoms with E-state index in [1.165, 1.54) is 7.11 Å². The minimum Gasteiger partial charge on any atom is -0.393 e. The molecule has 46 valence electrons. The number of aldehydes is 1. The molecule has 0 aromatic heterocycles. The van der Waals surface area contributed by atoms with Crippen molar-refractivity contribution in [3.63, 3.8) is 0 Å². The minimum absolute atomic E-state index is 0. The van der Waals surface area contributed by atoms with Crippen molar-refractivity contribution in [3.05, 3.63) is 0 Å². The van der Waals surface area contributed by atoms with Gasteiger partial charge in [-0.05, 0) is 0 Å². The molecule has 8 heavy (non-hydrogen) atoms. The topological polar surface area (TPSA) is 46.5 Å². The van der Waals surface area contributed by atoms with Gasteiger partial charge in [-0.2, -0.15) is 0 Å². The predicted molar refractivity (Wildman–Crippen MR) is 32.5 cm³/mol. The highest BCUT2D eigenvalue weighted by Gasteiger charge is 1.98. The molecule has 0 aromatic carbocycles. The maximum atomic E-state index is 9.68. The monoisotopic (exact) mass is 130 g/mol. The molecule has 3 nitrogen and oxygen atoms in total. The average Bonchev–Trinajstić information content (AvgIpc) is 1.72. The van der Waals surface area contributed by atoms with Crippen LogP contribution in [-0.2, 0) is 9.53 Å². The Morgan fingerprint density at radius 2 is 2.38 bits per heavy atom. The van der Waals surface area contributed by atoms with Crippen molar-refractivity contribution < 1.29 is 14.6 Å². The first-order chi connectivity index (χ1) is 3.35. The summed E-state index contributed by atoms with van der Waals surface area (Å²) in [4.78, 5) is 9.68. The van der Waals surface area contributed by atoms with Gasteiger partial charge in [-0.15, -0.1) is 0 Å². The van der Waals surface area contributed by atoms with Gasteiger partial charge in [0.2, 0.25) is 0 Å². The second-order valence-corrected chi connectivity index (χ2v) is 1.09. The molecule has 0 saturated heterocycles. The number of carbonyl (C=O) groups excluding carboxylic acids is 1. The summed E-state index contributed by atoms with van der Waals surface area (Å²) in [6, 6.07) is 0. The number of hydrogen-bond acceptors (Lipinski definition) is 3. The van der Waals surface area contributed by atoms with Crippen molar-refractivity contribution in [2.24, 2.45) is 0 Å². The average molecular weight is 130 g/mol. The molecule has 0 fully saturated rings. The van der Waals surface area contributed by atoms with Crippen LogP contribution in [0.25, 0.3) is 0 Å². The molecule has 0 aliphatic heterocycles. The lowest BCUT2D eigenvalue weighted by molar-refractivity contribution is -0.118. The zero-order chi connectivity index (χ0) is 5.70. The quantitative estimate of drug-likeness (QED) is 0.365. The summed E-state index contributed by atoms with van der Waals surface area (Å²) in [6.07, 6.45) is -0.0833. The van der Waals surface area contributed by atoms with Gasteiger partial charge in [0.25, 0.3) is 0 Å². The van der Waals surface area contributed by atoms with E-state index in [0.717, 1.165) is 0 Å². The maximum Gasteiger partial charge on any atom is 0.316 e. The van der Waals surface area contributed by atoms with E-state index in [1.807, 2.05) is 0 Å². The van der Waals surface area contributed by atoms with E-state index in [1.54, 1.807) is 0 Å². The lowest BCUT2D eigenvalue weighted by Crippen LogP contribution is -2.16. The Labute approximate surface area is 64.2 Å². The van der Waals surface area contributed by atoms with E-state index >= 15 is 0 Å². The van der Waals surface area contributed by atoms with Crippen LogP contribution in [0.2, 0.25) is 0 Å². The highest BCUT2D eigenvalue weighted by molar-refractivity contribution is 5.75. The molecule has 0 aliphatic carbocycles. The van der Waals surface area contributed by atoms with Crippen LogP contribution in [0.5, 0.6) is 0 Å². The lowest BCUT2D eigenvalue weighted by atomic mass is 10.4. The molecule has 0 aromatic rings. The Balaban J connectivity index is 0. The number of carbonyl (C=O) groups is 1. The van der Waals surface area contributed by atoms with Crippen LogP contribution in [0, 0.1) is 0 Å². The molecule has 0 bridgehead atoms. The normalized spacial score (nSPS) is 11.8. The molecular weight excluding hydrogens is 120 g/mol. The van der Waals surface area contributed by atoms with E-state index in [9.17, 15) is 4.79 Å². The van der Waals surface area contributed by atoms with Gasteiger partial charge in [-0.25, -0.2) is 0 Å². The van der Waals surface area contributed by atoms with Crippen LogP contribution in [0.1, 0.15) is 0 Å². The maximum absolute atomic E-state index is 9.68. The molecule has 0 spiro atoms. The summed E-state index contributed by atoms with van der Waals surface area (Å²) in [5.41, 5.74) is 0. The molecule has 1 N–H and O–H groups in total. The molecule has 0 aliphatic rings. The first kappa shape index (κ1) is 11.2. The van der Waals surface area contributed by atoms with Crippen LogP contribution in [0.4, 0.5) is 0 Å². The molecule has 0 rings (SSSR count). The van der Waals surface area contributed by atoms with E-state index in [-0.39, 0.29) is 29.7 Å². The number of hydrogen-bond donors (Lipinski definition) is 1. The van der Waals surface area contributed by atoms with Gasteiger partial charge in [0.05, 0.1) is 6.61 Å². The Morgan fingerprint density at radius 3 is 2.38 bits per heavy atom. The van der Waals surface area contributed by atoms with Crippen molar-refractivity contribution in [3.8, 4) is 0 Å². The van der Waals surface area contributed by atoms with E-state index in [4.69, 9.17) is 5.11 Å². The second kappa shape index (κ2) is 7.36. The third kappa shape index (κ3) is 4.51. The summed E-state index contributed by atoms with van der Waals surface area (Å²) in [6.45, 7) is -0.236. The van der Waals surface area contributed by atoms with Gasteiger partial charge >= 0.3 is 23.1 Å². The SMILES string of the molecule is COC(C=O)CO.[MgH2]. The van der Waals surface area contributed by atoms with Crippen LogP contribution in [0.15, 0.2) is 0 Å². The number of aliphatic hydroxyl groups excluding tert-OH is 1. The Kier molecular flexibility index (Phi) is 10.3. The number of ether oxygens (including phenoxy) is 1. The Bertz CT molecular complexity index is 53.2. The van der Waals surface area contributed by atoms with E-state index in [0.29, 0.717) is 6.29 Å². The van der Waals surface area contributed by atoms with Crippen molar-refractivity contribution in [1.29, 1.82) is 0 Å².